The monoisotopic (exact) mass is 238 g/mol. The fraction of sp³-hybridized carbons (Fsp3) is 0.750. The van der Waals surface area contributed by atoms with E-state index >= 15 is 0 Å². The van der Waals surface area contributed by atoms with E-state index < -0.39 is 5.97 Å². The van der Waals surface area contributed by atoms with E-state index in [2.05, 4.69) is 14.9 Å². The van der Waals surface area contributed by atoms with Crippen LogP contribution < -0.4 is 0 Å². The molecule has 0 aliphatic heterocycles. The number of nitrogens with zero attached hydrogens (tertiary/aromatic N) is 2. The summed E-state index contributed by atoms with van der Waals surface area (Å²) in [5.41, 5.74) is 0. The van der Waals surface area contributed by atoms with Crippen LogP contribution in [0.2, 0.25) is 0 Å². The summed E-state index contributed by atoms with van der Waals surface area (Å²) in [7, 11) is 1.31. The number of rotatable bonds is 2. The van der Waals surface area contributed by atoms with Gasteiger partial charge in [-0.25, -0.2) is 4.79 Å². The van der Waals surface area contributed by atoms with Crippen molar-refractivity contribution >= 4 is 5.97 Å². The van der Waals surface area contributed by atoms with Gasteiger partial charge in [0.05, 0.1) is 7.11 Å². The zero-order chi connectivity index (χ0) is 12.1. The van der Waals surface area contributed by atoms with Crippen molar-refractivity contribution in [3.8, 4) is 0 Å². The molecule has 0 spiro atoms. The largest absolute Gasteiger partial charge is 0.462 e. The second-order valence-corrected chi connectivity index (χ2v) is 4.48. The van der Waals surface area contributed by atoms with Crippen molar-refractivity contribution in [1.82, 2.24) is 10.2 Å². The van der Waals surface area contributed by atoms with Gasteiger partial charge in [-0.15, -0.1) is 10.2 Å². The number of aromatic nitrogens is 2. The first-order valence-corrected chi connectivity index (χ1v) is 6.23. The standard InChI is InChI=1S/C12H18N2O3/c1-16-12(15)11-14-13-10(17-11)9-7-5-3-2-4-6-8-9/h9H,2-8H2,1H3. The highest BCUT2D eigenvalue weighted by molar-refractivity contribution is 5.83. The summed E-state index contributed by atoms with van der Waals surface area (Å²) in [6.07, 6.45) is 8.40. The maximum Gasteiger partial charge on any atom is 0.396 e. The van der Waals surface area contributed by atoms with Crippen LogP contribution in [0.1, 0.15) is 67.4 Å². The first kappa shape index (κ1) is 12.1. The molecular weight excluding hydrogens is 220 g/mol. The zero-order valence-corrected chi connectivity index (χ0v) is 10.1. The van der Waals surface area contributed by atoms with Crippen molar-refractivity contribution in [1.29, 1.82) is 0 Å². The summed E-state index contributed by atoms with van der Waals surface area (Å²) in [4.78, 5) is 11.2. The molecule has 1 fully saturated rings. The summed E-state index contributed by atoms with van der Waals surface area (Å²) in [5, 5.41) is 7.69. The molecule has 2 rings (SSSR count). The van der Waals surface area contributed by atoms with E-state index in [0.717, 1.165) is 12.8 Å². The average Bonchev–Trinajstić information content (AvgIpc) is 2.77. The molecule has 0 amide bonds. The molecule has 1 aromatic rings. The number of methoxy groups -OCH3 is 1. The first-order valence-electron chi connectivity index (χ1n) is 6.23. The molecule has 17 heavy (non-hydrogen) atoms. The van der Waals surface area contributed by atoms with Crippen LogP contribution in [0.4, 0.5) is 0 Å². The molecule has 0 radical (unpaired) electrons. The van der Waals surface area contributed by atoms with Gasteiger partial charge in [-0.1, -0.05) is 32.1 Å². The lowest BCUT2D eigenvalue weighted by atomic mass is 9.91. The van der Waals surface area contributed by atoms with Gasteiger partial charge in [0.15, 0.2) is 0 Å². The van der Waals surface area contributed by atoms with Gasteiger partial charge in [0.1, 0.15) is 0 Å². The summed E-state index contributed by atoms with van der Waals surface area (Å²) in [6.45, 7) is 0. The number of carbonyl (C=O) groups is 1. The second-order valence-electron chi connectivity index (χ2n) is 4.48. The van der Waals surface area contributed by atoms with Gasteiger partial charge >= 0.3 is 11.9 Å². The maximum atomic E-state index is 11.2. The third-order valence-corrected chi connectivity index (χ3v) is 3.26. The van der Waals surface area contributed by atoms with Crippen LogP contribution in [0.15, 0.2) is 4.42 Å². The van der Waals surface area contributed by atoms with Crippen LogP contribution in [0.25, 0.3) is 0 Å². The molecule has 94 valence electrons. The Morgan fingerprint density at radius 3 is 2.47 bits per heavy atom. The minimum Gasteiger partial charge on any atom is -0.462 e. The van der Waals surface area contributed by atoms with E-state index in [1.54, 1.807) is 0 Å². The lowest BCUT2D eigenvalue weighted by Gasteiger charge is -2.15. The number of ether oxygens (including phenoxy) is 1. The molecule has 1 heterocycles. The predicted molar refractivity (Wildman–Crippen MR) is 60.7 cm³/mol. The Hall–Kier alpha value is -1.39. The molecule has 0 unspecified atom stereocenters. The molecule has 0 aromatic carbocycles. The normalized spacial score (nSPS) is 18.4. The van der Waals surface area contributed by atoms with E-state index in [9.17, 15) is 4.79 Å². The molecule has 0 N–H and O–H groups in total. The molecule has 1 aliphatic carbocycles. The summed E-state index contributed by atoms with van der Waals surface area (Å²) < 4.78 is 9.92. The zero-order valence-electron chi connectivity index (χ0n) is 10.1. The fourth-order valence-corrected chi connectivity index (χ4v) is 2.27. The molecule has 1 aliphatic rings. The van der Waals surface area contributed by atoms with E-state index in [-0.39, 0.29) is 5.89 Å². The van der Waals surface area contributed by atoms with E-state index in [1.807, 2.05) is 0 Å². The Morgan fingerprint density at radius 1 is 1.18 bits per heavy atom. The SMILES string of the molecule is COC(=O)c1nnc(C2CCCCCCC2)o1. The average molecular weight is 238 g/mol. The Balaban J connectivity index is 2.04. The van der Waals surface area contributed by atoms with Crippen LogP contribution in [-0.2, 0) is 4.74 Å². The van der Waals surface area contributed by atoms with Gasteiger partial charge in [-0.3, -0.25) is 0 Å². The van der Waals surface area contributed by atoms with Gasteiger partial charge in [0, 0.05) is 5.92 Å². The Morgan fingerprint density at radius 2 is 1.82 bits per heavy atom. The van der Waals surface area contributed by atoms with Gasteiger partial charge in [0.25, 0.3) is 0 Å². The van der Waals surface area contributed by atoms with Gasteiger partial charge < -0.3 is 9.15 Å². The predicted octanol–water partition coefficient (Wildman–Crippen LogP) is 2.68. The summed E-state index contributed by atoms with van der Waals surface area (Å²) >= 11 is 0. The molecule has 1 aromatic heterocycles. The Labute approximate surface area is 101 Å². The van der Waals surface area contributed by atoms with Crippen LogP contribution in [0, 0.1) is 0 Å². The van der Waals surface area contributed by atoms with Crippen molar-refractivity contribution in [3.05, 3.63) is 11.8 Å². The fourth-order valence-electron chi connectivity index (χ4n) is 2.27. The number of hydrogen-bond donors (Lipinski definition) is 0. The van der Waals surface area contributed by atoms with E-state index in [4.69, 9.17) is 4.42 Å². The summed E-state index contributed by atoms with van der Waals surface area (Å²) in [5.74, 6) is 0.299. The van der Waals surface area contributed by atoms with Crippen LogP contribution in [0.3, 0.4) is 0 Å². The molecule has 0 saturated heterocycles. The van der Waals surface area contributed by atoms with Crippen molar-refractivity contribution in [3.63, 3.8) is 0 Å². The highest BCUT2D eigenvalue weighted by Gasteiger charge is 2.22. The van der Waals surface area contributed by atoms with Crippen molar-refractivity contribution in [2.24, 2.45) is 0 Å². The first-order chi connectivity index (χ1) is 8.31. The Kier molecular flexibility index (Phi) is 4.12. The van der Waals surface area contributed by atoms with Crippen molar-refractivity contribution in [2.45, 2.75) is 50.9 Å². The minimum absolute atomic E-state index is 0.0374. The number of esters is 1. The number of hydrogen-bond acceptors (Lipinski definition) is 5. The van der Waals surface area contributed by atoms with Gasteiger partial charge in [-0.05, 0) is 12.8 Å². The third-order valence-electron chi connectivity index (χ3n) is 3.26. The molecule has 5 heteroatoms. The molecule has 0 bridgehead atoms. The lowest BCUT2D eigenvalue weighted by Crippen LogP contribution is -2.03. The molecule has 1 saturated carbocycles. The minimum atomic E-state index is -0.561. The van der Waals surface area contributed by atoms with Crippen LogP contribution in [-0.4, -0.2) is 23.3 Å². The van der Waals surface area contributed by atoms with Gasteiger partial charge in [-0.2, -0.15) is 0 Å². The van der Waals surface area contributed by atoms with Crippen molar-refractivity contribution < 1.29 is 13.9 Å². The maximum absolute atomic E-state index is 11.2. The second kappa shape index (κ2) is 5.80. The van der Waals surface area contributed by atoms with E-state index in [1.165, 1.54) is 39.2 Å². The quantitative estimate of drug-likeness (QED) is 0.741. The highest BCUT2D eigenvalue weighted by Crippen LogP contribution is 2.29. The topological polar surface area (TPSA) is 65.2 Å². The summed E-state index contributed by atoms with van der Waals surface area (Å²) in [6, 6.07) is 0. The highest BCUT2D eigenvalue weighted by atomic mass is 16.5. The third kappa shape index (κ3) is 3.05. The lowest BCUT2D eigenvalue weighted by molar-refractivity contribution is 0.0553. The molecule has 5 nitrogen and oxygen atoms in total. The molecular formula is C12H18N2O3. The number of carbonyl (C=O) groups excluding carboxylic acids is 1. The van der Waals surface area contributed by atoms with Gasteiger partial charge in [0.2, 0.25) is 5.89 Å². The Bertz CT molecular complexity index is 368. The van der Waals surface area contributed by atoms with Crippen LogP contribution >= 0.6 is 0 Å². The van der Waals surface area contributed by atoms with E-state index in [0.29, 0.717) is 11.8 Å². The smallest absolute Gasteiger partial charge is 0.396 e. The van der Waals surface area contributed by atoms with Crippen LogP contribution in [0.5, 0.6) is 0 Å². The molecule has 0 atom stereocenters. The van der Waals surface area contributed by atoms with Crippen molar-refractivity contribution in [2.75, 3.05) is 7.11 Å².